The fourth-order valence-electron chi connectivity index (χ4n) is 1.42. The van der Waals surface area contributed by atoms with Gasteiger partial charge in [-0.1, -0.05) is 0 Å². The molecular weight excluding hydrogens is 293 g/mol. The highest BCUT2D eigenvalue weighted by Crippen LogP contribution is 2.46. The van der Waals surface area contributed by atoms with Gasteiger partial charge in [0.05, 0.1) is 0 Å². The van der Waals surface area contributed by atoms with Gasteiger partial charge >= 0.3 is 6.18 Å². The van der Waals surface area contributed by atoms with E-state index in [2.05, 4.69) is 20.9 Å². The van der Waals surface area contributed by atoms with E-state index in [1.165, 1.54) is 6.20 Å². The second-order valence-electron chi connectivity index (χ2n) is 3.21. The number of carbonyl (C=O) groups excluding carboxylic acids is 1. The van der Waals surface area contributed by atoms with Gasteiger partial charge < -0.3 is 10.4 Å². The first kappa shape index (κ1) is 11.3. The Hall–Kier alpha value is -1.15. The van der Waals surface area contributed by atoms with Crippen LogP contribution in [0.3, 0.4) is 0 Å². The Morgan fingerprint density at radius 3 is 2.69 bits per heavy atom. The van der Waals surface area contributed by atoms with Gasteiger partial charge in [0.25, 0.3) is 11.5 Å². The van der Waals surface area contributed by atoms with E-state index in [1.54, 1.807) is 0 Å². The molecule has 1 amide bonds. The fraction of sp³-hybridized carbons (Fsp3) is 0.250. The van der Waals surface area contributed by atoms with Crippen molar-refractivity contribution in [3.63, 3.8) is 0 Å². The number of fused-ring (bicyclic) bond motifs is 1. The Balaban J connectivity index is 2.67. The number of hydrogen-bond donors (Lipinski definition) is 2. The average molecular weight is 297 g/mol. The molecule has 16 heavy (non-hydrogen) atoms. The number of halogens is 4. The third-order valence-electron chi connectivity index (χ3n) is 2.21. The summed E-state index contributed by atoms with van der Waals surface area (Å²) >= 11 is 2.92. The van der Waals surface area contributed by atoms with Gasteiger partial charge in [0, 0.05) is 16.2 Å². The molecule has 2 heterocycles. The fourth-order valence-corrected chi connectivity index (χ4v) is 1.75. The van der Waals surface area contributed by atoms with Gasteiger partial charge in [-0.2, -0.15) is 13.2 Å². The zero-order valence-electron chi connectivity index (χ0n) is 7.47. The molecule has 0 aromatic carbocycles. The first-order valence-electron chi connectivity index (χ1n) is 4.03. The number of nitrogens with one attached hydrogen (secondary N) is 1. The average Bonchev–Trinajstić information content (AvgIpc) is 2.41. The van der Waals surface area contributed by atoms with E-state index in [1.807, 2.05) is 5.32 Å². The van der Waals surface area contributed by atoms with Crippen LogP contribution in [0.25, 0.3) is 0 Å². The summed E-state index contributed by atoms with van der Waals surface area (Å²) in [5.74, 6) is -1.83. The van der Waals surface area contributed by atoms with E-state index < -0.39 is 23.2 Å². The molecule has 0 fully saturated rings. The Morgan fingerprint density at radius 2 is 2.12 bits per heavy atom. The van der Waals surface area contributed by atoms with E-state index in [9.17, 15) is 23.1 Å². The topological polar surface area (TPSA) is 62.2 Å². The maximum atomic E-state index is 12.7. The van der Waals surface area contributed by atoms with Crippen molar-refractivity contribution in [1.82, 2.24) is 4.98 Å². The molecule has 1 aromatic heterocycles. The van der Waals surface area contributed by atoms with E-state index in [4.69, 9.17) is 0 Å². The maximum Gasteiger partial charge on any atom is 0.430 e. The molecule has 0 bridgehead atoms. The Labute approximate surface area is 95.6 Å². The van der Waals surface area contributed by atoms with E-state index in [-0.39, 0.29) is 10.3 Å². The molecule has 0 spiro atoms. The Bertz CT molecular complexity index is 477. The molecule has 2 rings (SSSR count). The molecule has 0 saturated heterocycles. The van der Waals surface area contributed by atoms with Crippen LogP contribution >= 0.6 is 15.9 Å². The minimum Gasteiger partial charge on any atom is -0.368 e. The van der Waals surface area contributed by atoms with E-state index in [0.717, 1.165) is 6.07 Å². The lowest BCUT2D eigenvalue weighted by Gasteiger charge is -2.23. The molecule has 0 radical (unpaired) electrons. The maximum absolute atomic E-state index is 12.7. The van der Waals surface area contributed by atoms with Crippen LogP contribution < -0.4 is 5.32 Å². The van der Waals surface area contributed by atoms with Crippen LogP contribution in [0.1, 0.15) is 5.56 Å². The van der Waals surface area contributed by atoms with Crippen molar-refractivity contribution < 1.29 is 23.1 Å². The zero-order chi connectivity index (χ0) is 12.1. The standard InChI is InChI=1S/C8H4BrF3N2O2/c9-3-1-4-5(13-2-3)14-6(15)7(4,16)8(10,11)12/h1-2,16H,(H,13,14,15). The quantitative estimate of drug-likeness (QED) is 0.763. The number of amides is 1. The summed E-state index contributed by atoms with van der Waals surface area (Å²) in [7, 11) is 0. The van der Waals surface area contributed by atoms with Crippen LogP contribution in [-0.2, 0) is 10.4 Å². The first-order chi connectivity index (χ1) is 7.26. The van der Waals surface area contributed by atoms with Gasteiger partial charge in [0.2, 0.25) is 0 Å². The number of alkyl halides is 3. The largest absolute Gasteiger partial charge is 0.430 e. The summed E-state index contributed by atoms with van der Waals surface area (Å²) in [6.07, 6.45) is -3.87. The predicted octanol–water partition coefficient (Wildman–Crippen LogP) is 1.55. The molecule has 1 atom stereocenters. The van der Waals surface area contributed by atoms with Crippen molar-refractivity contribution in [2.75, 3.05) is 5.32 Å². The van der Waals surface area contributed by atoms with Crippen LogP contribution in [0.5, 0.6) is 0 Å². The lowest BCUT2D eigenvalue weighted by atomic mass is 9.96. The molecule has 8 heteroatoms. The molecule has 4 nitrogen and oxygen atoms in total. The van der Waals surface area contributed by atoms with Crippen LogP contribution in [0.2, 0.25) is 0 Å². The third-order valence-corrected chi connectivity index (χ3v) is 2.65. The van der Waals surface area contributed by atoms with Crippen molar-refractivity contribution in [2.45, 2.75) is 11.8 Å². The molecule has 0 saturated carbocycles. The van der Waals surface area contributed by atoms with E-state index in [0.29, 0.717) is 0 Å². The Kier molecular flexibility index (Phi) is 2.25. The van der Waals surface area contributed by atoms with Crippen molar-refractivity contribution in [2.24, 2.45) is 0 Å². The smallest absolute Gasteiger partial charge is 0.368 e. The van der Waals surface area contributed by atoms with Gasteiger partial charge in [0.15, 0.2) is 0 Å². The molecule has 2 N–H and O–H groups in total. The van der Waals surface area contributed by atoms with Gasteiger partial charge in [-0.25, -0.2) is 4.98 Å². The van der Waals surface area contributed by atoms with Crippen molar-refractivity contribution >= 4 is 27.7 Å². The summed E-state index contributed by atoms with van der Waals surface area (Å²) in [4.78, 5) is 14.8. The normalized spacial score (nSPS) is 24.2. The number of anilines is 1. The second kappa shape index (κ2) is 3.17. The van der Waals surface area contributed by atoms with Crippen molar-refractivity contribution in [3.8, 4) is 0 Å². The lowest BCUT2D eigenvalue weighted by Crippen LogP contribution is -2.47. The highest BCUT2D eigenvalue weighted by Gasteiger charge is 2.65. The SMILES string of the molecule is O=C1Nc2ncc(Br)cc2C1(O)C(F)(F)F. The number of nitrogens with zero attached hydrogens (tertiary/aromatic N) is 1. The van der Waals surface area contributed by atoms with Gasteiger partial charge in [-0.05, 0) is 22.0 Å². The van der Waals surface area contributed by atoms with Crippen molar-refractivity contribution in [3.05, 3.63) is 22.3 Å². The number of rotatable bonds is 0. The van der Waals surface area contributed by atoms with Gasteiger partial charge in [-0.3, -0.25) is 4.79 Å². The molecule has 1 aromatic rings. The number of hydrogen-bond acceptors (Lipinski definition) is 3. The number of aliphatic hydroxyl groups is 1. The summed E-state index contributed by atoms with van der Waals surface area (Å²) in [6, 6.07) is 1.01. The van der Waals surface area contributed by atoms with Crippen LogP contribution in [0, 0.1) is 0 Å². The van der Waals surface area contributed by atoms with Gasteiger partial charge in [0.1, 0.15) is 5.82 Å². The van der Waals surface area contributed by atoms with Crippen LogP contribution in [-0.4, -0.2) is 22.2 Å². The molecular formula is C8H4BrF3N2O2. The molecule has 1 aliphatic heterocycles. The second-order valence-corrected chi connectivity index (χ2v) is 4.13. The minimum atomic E-state index is -5.09. The van der Waals surface area contributed by atoms with Crippen LogP contribution in [0.15, 0.2) is 16.7 Å². The lowest BCUT2D eigenvalue weighted by molar-refractivity contribution is -0.252. The Morgan fingerprint density at radius 1 is 1.50 bits per heavy atom. The third kappa shape index (κ3) is 1.33. The zero-order valence-corrected chi connectivity index (χ0v) is 9.06. The summed E-state index contributed by atoms with van der Waals surface area (Å²) in [6.45, 7) is 0. The summed E-state index contributed by atoms with van der Waals surface area (Å²) in [5.41, 5.74) is -4.13. The first-order valence-corrected chi connectivity index (χ1v) is 4.82. The minimum absolute atomic E-state index is 0.241. The molecule has 0 aliphatic carbocycles. The number of pyridine rings is 1. The van der Waals surface area contributed by atoms with Gasteiger partial charge in [-0.15, -0.1) is 0 Å². The van der Waals surface area contributed by atoms with Crippen LogP contribution in [0.4, 0.5) is 19.0 Å². The molecule has 86 valence electrons. The number of aromatic nitrogens is 1. The summed E-state index contributed by atoms with van der Waals surface area (Å²) in [5, 5.41) is 11.4. The monoisotopic (exact) mass is 296 g/mol. The highest BCUT2D eigenvalue weighted by molar-refractivity contribution is 9.10. The summed E-state index contributed by atoms with van der Waals surface area (Å²) < 4.78 is 38.2. The van der Waals surface area contributed by atoms with Crippen molar-refractivity contribution in [1.29, 1.82) is 0 Å². The van der Waals surface area contributed by atoms with E-state index >= 15 is 0 Å². The molecule has 1 aliphatic rings. The molecule has 1 unspecified atom stereocenters. The predicted molar refractivity (Wildman–Crippen MR) is 50.5 cm³/mol. The number of carbonyl (C=O) groups is 1. The highest BCUT2D eigenvalue weighted by atomic mass is 79.9.